The first-order chi connectivity index (χ1) is 10.2. The lowest BCUT2D eigenvalue weighted by Crippen LogP contribution is -2.47. The van der Waals surface area contributed by atoms with Gasteiger partial charge in [-0.3, -0.25) is 9.59 Å². The molecule has 0 aromatic heterocycles. The van der Waals surface area contributed by atoms with E-state index in [0.29, 0.717) is 18.4 Å². The lowest BCUT2D eigenvalue weighted by Gasteiger charge is -2.25. The molecular weight excluding hydrogens is 268 g/mol. The highest BCUT2D eigenvalue weighted by Gasteiger charge is 2.41. The molecule has 0 aromatic rings. The summed E-state index contributed by atoms with van der Waals surface area (Å²) in [6.45, 7) is 1.60. The SMILES string of the molecule is O=C(NCC1CCCC1CO)C1CCCN1C(=O)C1CC1. The molecule has 1 aliphatic heterocycles. The number of nitrogens with one attached hydrogen (secondary N) is 1. The number of carbonyl (C=O) groups is 2. The van der Waals surface area contributed by atoms with E-state index in [4.69, 9.17) is 0 Å². The number of hydrogen-bond acceptors (Lipinski definition) is 3. The first kappa shape index (κ1) is 14.8. The Morgan fingerprint density at radius 1 is 1.05 bits per heavy atom. The fraction of sp³-hybridized carbons (Fsp3) is 0.875. The van der Waals surface area contributed by atoms with E-state index in [2.05, 4.69) is 5.32 Å². The Hall–Kier alpha value is -1.10. The van der Waals surface area contributed by atoms with Crippen LogP contribution in [0.1, 0.15) is 44.9 Å². The van der Waals surface area contributed by atoms with Crippen molar-refractivity contribution in [3.8, 4) is 0 Å². The molecule has 3 unspecified atom stereocenters. The molecule has 0 aromatic carbocycles. The number of aliphatic hydroxyl groups excluding tert-OH is 1. The van der Waals surface area contributed by atoms with Gasteiger partial charge < -0.3 is 15.3 Å². The van der Waals surface area contributed by atoms with Crippen molar-refractivity contribution in [1.82, 2.24) is 10.2 Å². The van der Waals surface area contributed by atoms with Crippen molar-refractivity contribution < 1.29 is 14.7 Å². The van der Waals surface area contributed by atoms with Crippen molar-refractivity contribution in [3.63, 3.8) is 0 Å². The first-order valence-corrected chi connectivity index (χ1v) is 8.39. The van der Waals surface area contributed by atoms with Crippen molar-refractivity contribution in [2.45, 2.75) is 51.0 Å². The molecule has 0 radical (unpaired) electrons. The maximum atomic E-state index is 12.4. The van der Waals surface area contributed by atoms with Crippen LogP contribution >= 0.6 is 0 Å². The monoisotopic (exact) mass is 294 g/mol. The van der Waals surface area contributed by atoms with Crippen LogP contribution in [-0.4, -0.2) is 47.6 Å². The lowest BCUT2D eigenvalue weighted by atomic mass is 9.97. The van der Waals surface area contributed by atoms with Crippen LogP contribution in [-0.2, 0) is 9.59 Å². The van der Waals surface area contributed by atoms with Crippen molar-refractivity contribution in [1.29, 1.82) is 0 Å². The summed E-state index contributed by atoms with van der Waals surface area (Å²) in [6, 6.07) is -0.257. The number of carbonyl (C=O) groups excluding carboxylic acids is 2. The third kappa shape index (κ3) is 3.23. The fourth-order valence-corrected chi connectivity index (χ4v) is 3.84. The Balaban J connectivity index is 1.51. The van der Waals surface area contributed by atoms with Gasteiger partial charge in [-0.25, -0.2) is 0 Å². The van der Waals surface area contributed by atoms with E-state index in [1.165, 1.54) is 0 Å². The van der Waals surface area contributed by atoms with Crippen molar-refractivity contribution >= 4 is 11.8 Å². The van der Waals surface area contributed by atoms with Crippen molar-refractivity contribution in [2.75, 3.05) is 19.7 Å². The Morgan fingerprint density at radius 3 is 2.52 bits per heavy atom. The second-order valence-electron chi connectivity index (χ2n) is 6.84. The number of rotatable bonds is 5. The van der Waals surface area contributed by atoms with Crippen LogP contribution in [0, 0.1) is 17.8 Å². The maximum absolute atomic E-state index is 12.4. The molecule has 5 heteroatoms. The summed E-state index contributed by atoms with van der Waals surface area (Å²) in [5.74, 6) is 1.10. The molecule has 21 heavy (non-hydrogen) atoms. The molecule has 2 aliphatic carbocycles. The van der Waals surface area contributed by atoms with E-state index >= 15 is 0 Å². The molecule has 2 N–H and O–H groups in total. The average molecular weight is 294 g/mol. The molecule has 2 saturated carbocycles. The van der Waals surface area contributed by atoms with E-state index < -0.39 is 0 Å². The molecule has 2 amide bonds. The number of nitrogens with zero attached hydrogens (tertiary/aromatic N) is 1. The minimum absolute atomic E-state index is 0.00471. The van der Waals surface area contributed by atoms with E-state index in [1.54, 1.807) is 4.90 Å². The van der Waals surface area contributed by atoms with Gasteiger partial charge in [0.1, 0.15) is 6.04 Å². The van der Waals surface area contributed by atoms with Gasteiger partial charge in [-0.1, -0.05) is 6.42 Å². The number of amides is 2. The van der Waals surface area contributed by atoms with Crippen LogP contribution in [0.4, 0.5) is 0 Å². The van der Waals surface area contributed by atoms with E-state index in [9.17, 15) is 14.7 Å². The average Bonchev–Trinajstić information content (AvgIpc) is 3.05. The highest BCUT2D eigenvalue weighted by atomic mass is 16.3. The molecule has 0 bridgehead atoms. The minimum Gasteiger partial charge on any atom is -0.396 e. The third-order valence-electron chi connectivity index (χ3n) is 5.35. The second-order valence-corrected chi connectivity index (χ2v) is 6.84. The summed E-state index contributed by atoms with van der Waals surface area (Å²) in [6.07, 6.45) is 6.99. The molecule has 118 valence electrons. The zero-order valence-electron chi connectivity index (χ0n) is 12.6. The van der Waals surface area contributed by atoms with Crippen molar-refractivity contribution in [3.05, 3.63) is 0 Å². The third-order valence-corrected chi connectivity index (χ3v) is 5.35. The van der Waals surface area contributed by atoms with Crippen LogP contribution < -0.4 is 5.32 Å². The number of hydrogen-bond donors (Lipinski definition) is 2. The van der Waals surface area contributed by atoms with Crippen LogP contribution in [0.3, 0.4) is 0 Å². The van der Waals surface area contributed by atoms with Crippen LogP contribution in [0.15, 0.2) is 0 Å². The van der Waals surface area contributed by atoms with E-state index in [0.717, 1.165) is 51.5 Å². The van der Waals surface area contributed by atoms with Gasteiger partial charge in [0.25, 0.3) is 0 Å². The van der Waals surface area contributed by atoms with Gasteiger partial charge >= 0.3 is 0 Å². The predicted molar refractivity (Wildman–Crippen MR) is 78.4 cm³/mol. The normalized spacial score (nSPS) is 32.4. The number of likely N-dealkylation sites (tertiary alicyclic amines) is 1. The summed E-state index contributed by atoms with van der Waals surface area (Å²) in [5.41, 5.74) is 0. The van der Waals surface area contributed by atoms with Gasteiger partial charge in [0.05, 0.1) is 0 Å². The van der Waals surface area contributed by atoms with E-state index in [-0.39, 0.29) is 30.4 Å². The summed E-state index contributed by atoms with van der Waals surface area (Å²) in [7, 11) is 0. The molecule has 1 saturated heterocycles. The Bertz CT molecular complexity index is 408. The topological polar surface area (TPSA) is 69.6 Å². The number of aliphatic hydroxyl groups is 1. The molecule has 5 nitrogen and oxygen atoms in total. The molecule has 3 aliphatic rings. The van der Waals surface area contributed by atoms with Gasteiger partial charge in [-0.2, -0.15) is 0 Å². The standard InChI is InChI=1S/C16H26N2O3/c19-10-13-4-1-3-12(13)9-17-15(20)14-5-2-8-18(14)16(21)11-6-7-11/h11-14,19H,1-10H2,(H,17,20). The molecule has 3 atom stereocenters. The van der Waals surface area contributed by atoms with Gasteiger partial charge in [-0.15, -0.1) is 0 Å². The van der Waals surface area contributed by atoms with Crippen molar-refractivity contribution in [2.24, 2.45) is 17.8 Å². The van der Waals surface area contributed by atoms with Crippen LogP contribution in [0.2, 0.25) is 0 Å². The highest BCUT2D eigenvalue weighted by molar-refractivity contribution is 5.89. The van der Waals surface area contributed by atoms with Gasteiger partial charge in [0, 0.05) is 25.6 Å². The predicted octanol–water partition coefficient (Wildman–Crippen LogP) is 0.912. The molecule has 3 rings (SSSR count). The summed E-state index contributed by atoms with van der Waals surface area (Å²) >= 11 is 0. The highest BCUT2D eigenvalue weighted by Crippen LogP contribution is 2.34. The smallest absolute Gasteiger partial charge is 0.242 e. The second kappa shape index (κ2) is 6.34. The van der Waals surface area contributed by atoms with Crippen LogP contribution in [0.5, 0.6) is 0 Å². The zero-order valence-corrected chi connectivity index (χ0v) is 12.6. The minimum atomic E-state index is -0.257. The Labute approximate surface area is 126 Å². The first-order valence-electron chi connectivity index (χ1n) is 8.39. The Kier molecular flexibility index (Phi) is 4.48. The van der Waals surface area contributed by atoms with E-state index in [1.807, 2.05) is 0 Å². The summed E-state index contributed by atoms with van der Waals surface area (Å²) in [5, 5.41) is 12.4. The van der Waals surface area contributed by atoms with Gasteiger partial charge in [-0.05, 0) is 50.4 Å². The molecule has 0 spiro atoms. The summed E-state index contributed by atoms with van der Waals surface area (Å²) < 4.78 is 0. The molecule has 3 fully saturated rings. The zero-order chi connectivity index (χ0) is 14.8. The molecule has 1 heterocycles. The largest absolute Gasteiger partial charge is 0.396 e. The molecular formula is C16H26N2O3. The van der Waals surface area contributed by atoms with Crippen LogP contribution in [0.25, 0.3) is 0 Å². The summed E-state index contributed by atoms with van der Waals surface area (Å²) in [4.78, 5) is 26.4. The Morgan fingerprint density at radius 2 is 1.81 bits per heavy atom. The maximum Gasteiger partial charge on any atom is 0.242 e. The van der Waals surface area contributed by atoms with Gasteiger partial charge in [0.2, 0.25) is 11.8 Å². The van der Waals surface area contributed by atoms with Gasteiger partial charge in [0.15, 0.2) is 0 Å². The fourth-order valence-electron chi connectivity index (χ4n) is 3.84. The quantitative estimate of drug-likeness (QED) is 0.792. The lowest BCUT2D eigenvalue weighted by molar-refractivity contribution is -0.139.